The second kappa shape index (κ2) is 17.3. The van der Waals surface area contributed by atoms with Gasteiger partial charge in [0.05, 0.1) is 12.3 Å². The van der Waals surface area contributed by atoms with Crippen LogP contribution in [0.1, 0.15) is 58.2 Å². The van der Waals surface area contributed by atoms with Crippen LogP contribution in [0.25, 0.3) is 6.08 Å². The van der Waals surface area contributed by atoms with E-state index in [0.717, 1.165) is 45.5 Å². The molecule has 0 bridgehead atoms. The molecule has 206 valence electrons. The minimum atomic E-state index is 0.489. The number of nitrogens with zero attached hydrogens (tertiary/aromatic N) is 2. The summed E-state index contributed by atoms with van der Waals surface area (Å²) >= 11 is 0. The van der Waals surface area contributed by atoms with E-state index in [1.807, 2.05) is 101 Å². The lowest BCUT2D eigenvalue weighted by Crippen LogP contribution is -2.06. The highest BCUT2D eigenvalue weighted by atomic mass is 14.9. The standard InChI is InChI=1S/C37H43N3/c1-8-16-28(5)29(6)30(7)40-37(34(10-3)11-4)39-27-33(17-9-2)23-22-32-20-15-21-35(26-32)36(38)25-24-31-18-13-12-14-19-31/h8-21,23-26,38H,3,22,27H2,1-2,4-7H3/b16-8-,17-9-,25-24+,29-28+,33-23+,34-11+,38-36?,39-37-,40-30+. The molecule has 0 atom stereocenters. The summed E-state index contributed by atoms with van der Waals surface area (Å²) in [7, 11) is 0. The zero-order chi connectivity index (χ0) is 29.3. The van der Waals surface area contributed by atoms with Gasteiger partial charge in [0.1, 0.15) is 0 Å². The van der Waals surface area contributed by atoms with Crippen LogP contribution in [0.2, 0.25) is 0 Å². The van der Waals surface area contributed by atoms with Gasteiger partial charge in [-0.3, -0.25) is 4.99 Å². The number of rotatable bonds is 12. The van der Waals surface area contributed by atoms with Crippen molar-refractivity contribution in [2.45, 2.75) is 48.0 Å². The SMILES string of the molecule is C=CC(=C\C)/C(=N/CC(/C=C\C)=C/Cc1cccc(C(=N)/C=C/c2ccccc2)c1)/N=C(C)/C(C)=C(C)/C=C\C. The third-order valence-corrected chi connectivity index (χ3v) is 6.49. The number of amidine groups is 1. The first-order valence-electron chi connectivity index (χ1n) is 13.7. The van der Waals surface area contributed by atoms with Crippen LogP contribution >= 0.6 is 0 Å². The van der Waals surface area contributed by atoms with Crippen molar-refractivity contribution in [3.8, 4) is 0 Å². The van der Waals surface area contributed by atoms with Crippen LogP contribution in [0.3, 0.4) is 0 Å². The van der Waals surface area contributed by atoms with E-state index >= 15 is 0 Å². The van der Waals surface area contributed by atoms with Crippen LogP contribution in [0.15, 0.2) is 142 Å². The minimum Gasteiger partial charge on any atom is -0.300 e. The molecule has 2 aromatic carbocycles. The summed E-state index contributed by atoms with van der Waals surface area (Å²) in [5.74, 6) is 0.679. The molecule has 0 amide bonds. The average Bonchev–Trinajstić information content (AvgIpc) is 2.97. The van der Waals surface area contributed by atoms with Gasteiger partial charge in [0, 0.05) is 11.3 Å². The first-order chi connectivity index (χ1) is 19.3. The quantitative estimate of drug-likeness (QED) is 0.162. The number of aliphatic imine (C=N–C) groups is 2. The Morgan fingerprint density at radius 2 is 1.62 bits per heavy atom. The number of hydrogen-bond acceptors (Lipinski definition) is 2. The van der Waals surface area contributed by atoms with E-state index in [2.05, 4.69) is 50.8 Å². The summed E-state index contributed by atoms with van der Waals surface area (Å²) < 4.78 is 0. The lowest BCUT2D eigenvalue weighted by molar-refractivity contribution is 1.13. The van der Waals surface area contributed by atoms with E-state index in [-0.39, 0.29) is 0 Å². The Hall–Kier alpha value is -4.37. The fourth-order valence-electron chi connectivity index (χ4n) is 3.95. The average molecular weight is 530 g/mol. The maximum absolute atomic E-state index is 8.52. The maximum atomic E-state index is 8.52. The number of allylic oxidation sites excluding steroid dienone is 8. The predicted molar refractivity (Wildman–Crippen MR) is 178 cm³/mol. The van der Waals surface area contributed by atoms with E-state index < -0.39 is 0 Å². The van der Waals surface area contributed by atoms with Gasteiger partial charge < -0.3 is 5.41 Å². The Labute approximate surface area is 241 Å². The van der Waals surface area contributed by atoms with E-state index in [9.17, 15) is 0 Å². The molecule has 0 aliphatic rings. The number of hydrogen-bond donors (Lipinski definition) is 1. The van der Waals surface area contributed by atoms with E-state index in [4.69, 9.17) is 15.4 Å². The second-order valence-corrected chi connectivity index (χ2v) is 9.43. The molecule has 1 N–H and O–H groups in total. The molecule has 0 radical (unpaired) electrons. The van der Waals surface area contributed by atoms with Crippen molar-refractivity contribution in [3.05, 3.63) is 149 Å². The molecule has 0 aromatic heterocycles. The smallest absolute Gasteiger partial charge is 0.154 e. The molecule has 3 heteroatoms. The summed E-state index contributed by atoms with van der Waals surface area (Å²) in [6.07, 6.45) is 18.8. The summed E-state index contributed by atoms with van der Waals surface area (Å²) in [4.78, 5) is 9.81. The zero-order valence-corrected chi connectivity index (χ0v) is 24.9. The highest BCUT2D eigenvalue weighted by molar-refractivity contribution is 6.12. The fourth-order valence-corrected chi connectivity index (χ4v) is 3.95. The predicted octanol–water partition coefficient (Wildman–Crippen LogP) is 9.72. The minimum absolute atomic E-state index is 0.489. The van der Waals surface area contributed by atoms with Gasteiger partial charge in [-0.15, -0.1) is 0 Å². The Morgan fingerprint density at radius 3 is 2.27 bits per heavy atom. The zero-order valence-electron chi connectivity index (χ0n) is 24.9. The van der Waals surface area contributed by atoms with Gasteiger partial charge in [0.2, 0.25) is 0 Å². The van der Waals surface area contributed by atoms with Crippen molar-refractivity contribution in [2.75, 3.05) is 6.54 Å². The van der Waals surface area contributed by atoms with Gasteiger partial charge in [-0.25, -0.2) is 4.99 Å². The van der Waals surface area contributed by atoms with Crippen molar-refractivity contribution in [1.82, 2.24) is 0 Å². The Kier molecular flexibility index (Phi) is 13.7. The van der Waals surface area contributed by atoms with E-state index in [1.54, 1.807) is 6.08 Å². The van der Waals surface area contributed by atoms with Gasteiger partial charge >= 0.3 is 0 Å². The van der Waals surface area contributed by atoms with Crippen molar-refractivity contribution >= 4 is 23.3 Å². The molecule has 0 heterocycles. The van der Waals surface area contributed by atoms with Crippen molar-refractivity contribution in [2.24, 2.45) is 9.98 Å². The number of nitrogens with one attached hydrogen (secondary N) is 1. The van der Waals surface area contributed by atoms with Gasteiger partial charge in [-0.1, -0.05) is 104 Å². The molecule has 0 saturated heterocycles. The molecule has 0 unspecified atom stereocenters. The van der Waals surface area contributed by atoms with Crippen LogP contribution in [0, 0.1) is 5.41 Å². The first kappa shape index (κ1) is 31.8. The summed E-state index contributed by atoms with van der Waals surface area (Å²) in [6, 6.07) is 18.2. The van der Waals surface area contributed by atoms with Gasteiger partial charge in [-0.05, 0) is 93.5 Å². The molecule has 2 aromatic rings. The van der Waals surface area contributed by atoms with Gasteiger partial charge in [0.15, 0.2) is 5.84 Å². The largest absolute Gasteiger partial charge is 0.300 e. The lowest BCUT2D eigenvalue weighted by Gasteiger charge is -2.08. The van der Waals surface area contributed by atoms with E-state index in [1.165, 1.54) is 5.57 Å². The molecule has 2 rings (SSSR count). The first-order valence-corrected chi connectivity index (χ1v) is 13.7. The molecule has 3 nitrogen and oxygen atoms in total. The van der Waals surface area contributed by atoms with Gasteiger partial charge in [0.25, 0.3) is 0 Å². The van der Waals surface area contributed by atoms with Crippen LogP contribution in [0.4, 0.5) is 0 Å². The summed E-state index contributed by atoms with van der Waals surface area (Å²) in [6.45, 7) is 16.7. The molecule has 0 aliphatic carbocycles. The lowest BCUT2D eigenvalue weighted by atomic mass is 10.0. The van der Waals surface area contributed by atoms with Crippen molar-refractivity contribution in [1.29, 1.82) is 5.41 Å². The Balaban J connectivity index is 2.29. The Morgan fingerprint density at radius 1 is 0.900 bits per heavy atom. The van der Waals surface area contributed by atoms with Crippen LogP contribution < -0.4 is 0 Å². The molecular weight excluding hydrogens is 486 g/mol. The van der Waals surface area contributed by atoms with Crippen LogP contribution in [-0.4, -0.2) is 23.8 Å². The topological polar surface area (TPSA) is 48.6 Å². The molecule has 0 fully saturated rings. The maximum Gasteiger partial charge on any atom is 0.154 e. The van der Waals surface area contributed by atoms with Crippen molar-refractivity contribution < 1.29 is 0 Å². The van der Waals surface area contributed by atoms with Crippen LogP contribution in [0.5, 0.6) is 0 Å². The molecular formula is C37H43N3. The van der Waals surface area contributed by atoms with Gasteiger partial charge in [-0.2, -0.15) is 0 Å². The second-order valence-electron chi connectivity index (χ2n) is 9.43. The molecule has 40 heavy (non-hydrogen) atoms. The normalized spacial score (nSPS) is 14.3. The molecule has 0 aliphatic heterocycles. The van der Waals surface area contributed by atoms with E-state index in [0.29, 0.717) is 18.1 Å². The molecule has 0 spiro atoms. The third kappa shape index (κ3) is 10.4. The van der Waals surface area contributed by atoms with Crippen LogP contribution in [-0.2, 0) is 6.42 Å². The number of benzene rings is 2. The molecule has 0 saturated carbocycles. The fraction of sp³-hybridized carbons (Fsp3) is 0.216. The highest BCUT2D eigenvalue weighted by Crippen LogP contribution is 2.14. The summed E-state index contributed by atoms with van der Waals surface area (Å²) in [5, 5.41) is 8.52. The third-order valence-electron chi connectivity index (χ3n) is 6.49. The summed E-state index contributed by atoms with van der Waals surface area (Å²) in [5.41, 5.74) is 8.89. The highest BCUT2D eigenvalue weighted by Gasteiger charge is 2.06. The monoisotopic (exact) mass is 529 g/mol. The Bertz CT molecular complexity index is 1400. The van der Waals surface area contributed by atoms with Crippen molar-refractivity contribution in [3.63, 3.8) is 0 Å².